The fourth-order valence-corrected chi connectivity index (χ4v) is 2.86. The van der Waals surface area contributed by atoms with Gasteiger partial charge in [0, 0.05) is 23.2 Å². The maximum atomic E-state index is 12.4. The van der Waals surface area contributed by atoms with Crippen molar-refractivity contribution >= 4 is 29.2 Å². The molecule has 1 heterocycles. The number of hydrogen-bond acceptors (Lipinski definition) is 4. The molecule has 1 fully saturated rings. The molecule has 0 bridgehead atoms. The highest BCUT2D eigenvalue weighted by molar-refractivity contribution is 6.05. The van der Waals surface area contributed by atoms with Crippen LogP contribution in [-0.4, -0.2) is 23.6 Å². The Balaban J connectivity index is 1.64. The lowest BCUT2D eigenvalue weighted by Crippen LogP contribution is -2.22. The Hall–Kier alpha value is -3.92. The zero-order chi connectivity index (χ0) is 20.1. The van der Waals surface area contributed by atoms with E-state index in [4.69, 9.17) is 11.1 Å². The van der Waals surface area contributed by atoms with Crippen LogP contribution in [0.1, 0.15) is 27.9 Å². The van der Waals surface area contributed by atoms with Crippen LogP contribution in [0.5, 0.6) is 0 Å². The van der Waals surface area contributed by atoms with Gasteiger partial charge in [-0.3, -0.25) is 25.1 Å². The van der Waals surface area contributed by atoms with Crippen molar-refractivity contribution in [3.63, 3.8) is 0 Å². The first-order valence-corrected chi connectivity index (χ1v) is 8.61. The van der Waals surface area contributed by atoms with E-state index in [1.54, 1.807) is 36.4 Å². The molecule has 3 rings (SSSR count). The number of benzene rings is 2. The zero-order valence-electron chi connectivity index (χ0n) is 14.9. The van der Waals surface area contributed by atoms with Crippen LogP contribution in [0.2, 0.25) is 0 Å². The molecule has 7 heteroatoms. The molecule has 3 amide bonds. The van der Waals surface area contributed by atoms with Crippen molar-refractivity contribution in [2.75, 3.05) is 5.32 Å². The third-order valence-corrected chi connectivity index (χ3v) is 4.23. The molecule has 1 unspecified atom stereocenters. The highest BCUT2D eigenvalue weighted by Crippen LogP contribution is 2.19. The van der Waals surface area contributed by atoms with Gasteiger partial charge in [-0.1, -0.05) is 24.1 Å². The highest BCUT2D eigenvalue weighted by Gasteiger charge is 2.30. The lowest BCUT2D eigenvalue weighted by Gasteiger charge is -2.09. The maximum absolute atomic E-state index is 12.4. The van der Waals surface area contributed by atoms with E-state index < -0.39 is 0 Å². The summed E-state index contributed by atoms with van der Waals surface area (Å²) in [6, 6.07) is 13.9. The monoisotopic (exact) mass is 374 g/mol. The molecule has 1 aliphatic rings. The first-order valence-electron chi connectivity index (χ1n) is 8.61. The second-order valence-electron chi connectivity index (χ2n) is 6.41. The summed E-state index contributed by atoms with van der Waals surface area (Å²) in [5.74, 6) is 3.81. The molecule has 5 N–H and O–H groups in total. The second kappa shape index (κ2) is 8.18. The molecular formula is C21H18N4O3. The Labute approximate surface area is 161 Å². The van der Waals surface area contributed by atoms with Gasteiger partial charge in [0.25, 0.3) is 5.91 Å². The van der Waals surface area contributed by atoms with Gasteiger partial charge in [0.05, 0.1) is 5.92 Å². The predicted molar refractivity (Wildman–Crippen MR) is 105 cm³/mol. The highest BCUT2D eigenvalue weighted by atomic mass is 16.2. The van der Waals surface area contributed by atoms with Crippen LogP contribution >= 0.6 is 0 Å². The van der Waals surface area contributed by atoms with E-state index in [-0.39, 0.29) is 35.9 Å². The van der Waals surface area contributed by atoms with Crippen molar-refractivity contribution in [3.8, 4) is 11.8 Å². The van der Waals surface area contributed by atoms with Crippen molar-refractivity contribution in [1.29, 1.82) is 5.41 Å². The molecule has 7 nitrogen and oxygen atoms in total. The van der Waals surface area contributed by atoms with Crippen LogP contribution in [0.4, 0.5) is 5.69 Å². The molecular weight excluding hydrogens is 356 g/mol. The molecule has 2 aromatic carbocycles. The van der Waals surface area contributed by atoms with E-state index in [0.29, 0.717) is 23.2 Å². The zero-order valence-corrected chi connectivity index (χ0v) is 14.9. The lowest BCUT2D eigenvalue weighted by atomic mass is 9.98. The quantitative estimate of drug-likeness (QED) is 0.280. The summed E-state index contributed by atoms with van der Waals surface area (Å²) in [5.41, 5.74) is 7.75. The normalized spacial score (nSPS) is 15.4. The minimum absolute atomic E-state index is 0.209. The minimum Gasteiger partial charge on any atom is -0.377 e. The van der Waals surface area contributed by atoms with Crippen molar-refractivity contribution < 1.29 is 14.4 Å². The maximum Gasteiger partial charge on any atom is 0.255 e. The number of nitrogens with two attached hydrogens (primary N) is 1. The van der Waals surface area contributed by atoms with Crippen molar-refractivity contribution in [2.24, 2.45) is 11.7 Å². The Bertz CT molecular complexity index is 1020. The van der Waals surface area contributed by atoms with Gasteiger partial charge in [-0.25, -0.2) is 0 Å². The summed E-state index contributed by atoms with van der Waals surface area (Å²) >= 11 is 0. The molecule has 0 spiro atoms. The molecule has 0 radical (unpaired) electrons. The summed E-state index contributed by atoms with van der Waals surface area (Å²) in [6.07, 6.45) is 0.683. The van der Waals surface area contributed by atoms with Gasteiger partial charge in [-0.05, 0) is 48.2 Å². The average Bonchev–Trinajstić information content (AvgIpc) is 2.98. The Morgan fingerprint density at radius 1 is 1.21 bits per heavy atom. The fourth-order valence-electron chi connectivity index (χ4n) is 2.86. The largest absolute Gasteiger partial charge is 0.377 e. The topological polar surface area (TPSA) is 125 Å². The van der Waals surface area contributed by atoms with E-state index in [9.17, 15) is 14.4 Å². The smallest absolute Gasteiger partial charge is 0.255 e. The van der Waals surface area contributed by atoms with Crippen LogP contribution in [-0.2, 0) is 16.0 Å². The number of nitrogens with one attached hydrogen (secondary N) is 3. The molecule has 28 heavy (non-hydrogen) atoms. The molecule has 2 aromatic rings. The number of carbonyl (C=O) groups is 3. The summed E-state index contributed by atoms with van der Waals surface area (Å²) in [6.45, 7) is 0. The van der Waals surface area contributed by atoms with E-state index in [0.717, 1.165) is 5.56 Å². The van der Waals surface area contributed by atoms with Crippen LogP contribution in [0.3, 0.4) is 0 Å². The second-order valence-corrected chi connectivity index (χ2v) is 6.41. The van der Waals surface area contributed by atoms with Crippen molar-refractivity contribution in [2.45, 2.75) is 12.8 Å². The first-order chi connectivity index (χ1) is 13.4. The summed E-state index contributed by atoms with van der Waals surface area (Å²) in [7, 11) is 0. The van der Waals surface area contributed by atoms with Crippen LogP contribution in [0, 0.1) is 23.2 Å². The third-order valence-electron chi connectivity index (χ3n) is 4.23. The predicted octanol–water partition coefficient (Wildman–Crippen LogP) is 1.43. The van der Waals surface area contributed by atoms with Gasteiger partial charge < -0.3 is 11.1 Å². The van der Waals surface area contributed by atoms with Gasteiger partial charge >= 0.3 is 0 Å². The van der Waals surface area contributed by atoms with Gasteiger partial charge in [-0.15, -0.1) is 0 Å². The van der Waals surface area contributed by atoms with Gasteiger partial charge in [0.15, 0.2) is 5.84 Å². The number of imide groups is 1. The van der Waals surface area contributed by atoms with E-state index in [1.165, 1.54) is 0 Å². The lowest BCUT2D eigenvalue weighted by molar-refractivity contribution is -0.125. The molecule has 0 saturated carbocycles. The number of hydrogen-bond donors (Lipinski definition) is 4. The molecule has 1 aliphatic heterocycles. The number of rotatable bonds is 4. The van der Waals surface area contributed by atoms with Crippen molar-refractivity contribution in [3.05, 3.63) is 65.2 Å². The number of anilines is 1. The van der Waals surface area contributed by atoms with Gasteiger partial charge in [-0.2, -0.15) is 0 Å². The SMILES string of the molecule is N=C(N)C#Cc1cccc(C(=O)Nc2ccc(CC3CC(=O)NC3=O)cc2)c1. The molecule has 0 aliphatic carbocycles. The average molecular weight is 374 g/mol. The molecule has 0 aromatic heterocycles. The first kappa shape index (κ1) is 18.9. The molecule has 1 atom stereocenters. The van der Waals surface area contributed by atoms with Crippen LogP contribution < -0.4 is 16.4 Å². The minimum atomic E-state index is -0.341. The van der Waals surface area contributed by atoms with Crippen molar-refractivity contribution in [1.82, 2.24) is 5.32 Å². The summed E-state index contributed by atoms with van der Waals surface area (Å²) < 4.78 is 0. The number of amides is 3. The standard InChI is InChI=1S/C21H18N4O3/c22-18(23)9-6-13-2-1-3-15(10-13)20(27)24-17-7-4-14(5-8-17)11-16-12-19(26)25-21(16)28/h1-5,7-8,10,16H,11-12H2,(H3,22,23)(H,24,27)(H,25,26,28). The summed E-state index contributed by atoms with van der Waals surface area (Å²) in [4.78, 5) is 35.3. The summed E-state index contributed by atoms with van der Waals surface area (Å²) in [5, 5.41) is 12.2. The van der Waals surface area contributed by atoms with Gasteiger partial charge in [0.2, 0.25) is 11.8 Å². The Kier molecular flexibility index (Phi) is 5.51. The fraction of sp³-hybridized carbons (Fsp3) is 0.143. The molecule has 1 saturated heterocycles. The Morgan fingerprint density at radius 2 is 1.96 bits per heavy atom. The number of carbonyl (C=O) groups excluding carboxylic acids is 3. The van der Waals surface area contributed by atoms with Gasteiger partial charge in [0.1, 0.15) is 0 Å². The van der Waals surface area contributed by atoms with E-state index >= 15 is 0 Å². The van der Waals surface area contributed by atoms with Crippen LogP contribution in [0.25, 0.3) is 0 Å². The number of amidine groups is 1. The third kappa shape index (κ3) is 4.83. The Morgan fingerprint density at radius 3 is 2.61 bits per heavy atom. The van der Waals surface area contributed by atoms with Crippen LogP contribution in [0.15, 0.2) is 48.5 Å². The molecule has 140 valence electrons. The van der Waals surface area contributed by atoms with E-state index in [2.05, 4.69) is 22.5 Å². The van der Waals surface area contributed by atoms with E-state index in [1.807, 2.05) is 12.1 Å².